The molecule has 29 heavy (non-hydrogen) atoms. The third kappa shape index (κ3) is 2.21. The van der Waals surface area contributed by atoms with Crippen LogP contribution in [-0.2, 0) is 22.6 Å². The minimum atomic E-state index is -0.338. The standard InChI is InChI=1S/C24H19N3O2/c1-13-9-14-5-4-7-16-18(12-27(11-13)22(14)16)21-20(23(28)26-24(21)29)17-10-25-19-8-3-2-6-15(17)19/h2-8,10,12-13,25H,9,11H2,1H3,(H,26,28,29). The Hall–Kier alpha value is -3.60. The number of carbonyl (C=O) groups excluding carboxylic acids is 2. The van der Waals surface area contributed by atoms with Crippen LogP contribution in [0, 0.1) is 5.92 Å². The maximum Gasteiger partial charge on any atom is 0.259 e. The van der Waals surface area contributed by atoms with Crippen LogP contribution in [0.4, 0.5) is 0 Å². The summed E-state index contributed by atoms with van der Waals surface area (Å²) in [5.74, 6) is -0.128. The molecule has 0 aliphatic carbocycles. The number of nitrogens with zero attached hydrogens (tertiary/aromatic N) is 1. The van der Waals surface area contributed by atoms with E-state index in [0.717, 1.165) is 40.4 Å². The van der Waals surface area contributed by atoms with Gasteiger partial charge in [0.1, 0.15) is 0 Å². The topological polar surface area (TPSA) is 66.9 Å². The number of amides is 2. The maximum atomic E-state index is 12.9. The highest BCUT2D eigenvalue weighted by Gasteiger charge is 2.35. The highest BCUT2D eigenvalue weighted by molar-refractivity contribution is 6.50. The van der Waals surface area contributed by atoms with E-state index in [9.17, 15) is 9.59 Å². The summed E-state index contributed by atoms with van der Waals surface area (Å²) in [5.41, 5.74) is 5.93. The number of aromatic nitrogens is 2. The Labute approximate surface area is 167 Å². The highest BCUT2D eigenvalue weighted by atomic mass is 16.2. The number of aromatic amines is 1. The summed E-state index contributed by atoms with van der Waals surface area (Å²) in [6.07, 6.45) is 4.90. The van der Waals surface area contributed by atoms with E-state index in [1.165, 1.54) is 11.1 Å². The third-order valence-electron chi connectivity index (χ3n) is 6.12. The lowest BCUT2D eigenvalue weighted by molar-refractivity contribution is -0.122. The van der Waals surface area contributed by atoms with Gasteiger partial charge in [0.05, 0.1) is 16.7 Å². The average molecular weight is 381 g/mol. The van der Waals surface area contributed by atoms with Gasteiger partial charge in [-0.1, -0.05) is 43.3 Å². The molecule has 0 saturated carbocycles. The van der Waals surface area contributed by atoms with Crippen molar-refractivity contribution in [3.8, 4) is 0 Å². The molecule has 4 heterocycles. The molecule has 5 nitrogen and oxygen atoms in total. The van der Waals surface area contributed by atoms with Gasteiger partial charge in [-0.25, -0.2) is 0 Å². The minimum Gasteiger partial charge on any atom is -0.361 e. The molecule has 0 saturated heterocycles. The first-order chi connectivity index (χ1) is 14.1. The molecule has 0 fully saturated rings. The summed E-state index contributed by atoms with van der Waals surface area (Å²) in [4.78, 5) is 29.0. The fraction of sp³-hybridized carbons (Fsp3) is 0.167. The average Bonchev–Trinajstić information content (AvgIpc) is 3.36. The van der Waals surface area contributed by atoms with Crippen LogP contribution in [0.1, 0.15) is 23.6 Å². The van der Waals surface area contributed by atoms with Crippen molar-refractivity contribution in [2.24, 2.45) is 5.92 Å². The molecule has 0 spiro atoms. The Morgan fingerprint density at radius 1 is 0.931 bits per heavy atom. The van der Waals surface area contributed by atoms with Crippen molar-refractivity contribution in [2.45, 2.75) is 19.9 Å². The molecule has 1 atom stereocenters. The lowest BCUT2D eigenvalue weighted by atomic mass is 9.93. The second-order valence-corrected chi connectivity index (χ2v) is 8.10. The Kier molecular flexibility index (Phi) is 3.22. The predicted octanol–water partition coefficient (Wildman–Crippen LogP) is 3.88. The fourth-order valence-electron chi connectivity index (χ4n) is 4.97. The van der Waals surface area contributed by atoms with Gasteiger partial charge in [-0.15, -0.1) is 0 Å². The van der Waals surface area contributed by atoms with Crippen LogP contribution >= 0.6 is 0 Å². The second-order valence-electron chi connectivity index (χ2n) is 8.10. The van der Waals surface area contributed by atoms with Gasteiger partial charge in [0.15, 0.2) is 0 Å². The number of benzene rings is 2. The number of H-pyrrole nitrogens is 1. The summed E-state index contributed by atoms with van der Waals surface area (Å²) in [7, 11) is 0. The number of hydrogen-bond acceptors (Lipinski definition) is 2. The quantitative estimate of drug-likeness (QED) is 0.518. The lowest BCUT2D eigenvalue weighted by Gasteiger charge is -2.21. The van der Waals surface area contributed by atoms with E-state index < -0.39 is 0 Å². The van der Waals surface area contributed by atoms with E-state index in [1.54, 1.807) is 0 Å². The smallest absolute Gasteiger partial charge is 0.259 e. The van der Waals surface area contributed by atoms with E-state index in [1.807, 2.05) is 42.7 Å². The van der Waals surface area contributed by atoms with Crippen LogP contribution in [0.3, 0.4) is 0 Å². The Bertz CT molecular complexity index is 1390. The van der Waals surface area contributed by atoms with Crippen LogP contribution in [0.5, 0.6) is 0 Å². The largest absolute Gasteiger partial charge is 0.361 e. The number of fused-ring (bicyclic) bond motifs is 1. The Morgan fingerprint density at radius 3 is 2.55 bits per heavy atom. The number of rotatable bonds is 2. The van der Waals surface area contributed by atoms with Gasteiger partial charge in [0.25, 0.3) is 11.8 Å². The lowest BCUT2D eigenvalue weighted by Crippen LogP contribution is -2.22. The summed E-state index contributed by atoms with van der Waals surface area (Å²) < 4.78 is 2.24. The number of carbonyl (C=O) groups is 2. The van der Waals surface area contributed by atoms with Gasteiger partial charge in [-0.05, 0) is 24.0 Å². The molecule has 0 bridgehead atoms. The van der Waals surface area contributed by atoms with Crippen molar-refractivity contribution >= 4 is 44.8 Å². The first-order valence-electron chi connectivity index (χ1n) is 9.89. The fourth-order valence-corrected chi connectivity index (χ4v) is 4.97. The van der Waals surface area contributed by atoms with Gasteiger partial charge < -0.3 is 9.55 Å². The normalized spacial score (nSPS) is 18.9. The van der Waals surface area contributed by atoms with Crippen LogP contribution in [0.15, 0.2) is 54.9 Å². The summed E-state index contributed by atoms with van der Waals surface area (Å²) in [6, 6.07) is 14.1. The van der Waals surface area contributed by atoms with Gasteiger partial charge in [-0.2, -0.15) is 0 Å². The minimum absolute atomic E-state index is 0.327. The molecule has 4 aromatic rings. The number of nitrogens with one attached hydrogen (secondary N) is 2. The van der Waals surface area contributed by atoms with E-state index in [4.69, 9.17) is 0 Å². The third-order valence-corrected chi connectivity index (χ3v) is 6.12. The first-order valence-corrected chi connectivity index (χ1v) is 9.89. The van der Waals surface area contributed by atoms with Gasteiger partial charge in [0, 0.05) is 46.4 Å². The van der Waals surface area contributed by atoms with Crippen molar-refractivity contribution in [3.05, 3.63) is 71.5 Å². The summed E-state index contributed by atoms with van der Waals surface area (Å²) >= 11 is 0. The van der Waals surface area contributed by atoms with E-state index in [2.05, 4.69) is 33.9 Å². The molecule has 0 radical (unpaired) electrons. The molecule has 6 rings (SSSR count). The summed E-state index contributed by atoms with van der Waals surface area (Å²) in [5, 5.41) is 4.50. The molecule has 2 aromatic carbocycles. The monoisotopic (exact) mass is 381 g/mol. The van der Waals surface area contributed by atoms with Crippen molar-refractivity contribution in [2.75, 3.05) is 0 Å². The molecular formula is C24H19N3O2. The zero-order chi connectivity index (χ0) is 19.7. The molecule has 2 amide bonds. The number of para-hydroxylation sites is 2. The molecule has 142 valence electrons. The van der Waals surface area contributed by atoms with E-state index in [-0.39, 0.29) is 11.8 Å². The molecular weight excluding hydrogens is 362 g/mol. The van der Waals surface area contributed by atoms with Crippen molar-refractivity contribution < 1.29 is 9.59 Å². The number of imide groups is 1. The molecule has 2 aliphatic heterocycles. The van der Waals surface area contributed by atoms with E-state index >= 15 is 0 Å². The molecule has 2 aliphatic rings. The predicted molar refractivity (Wildman–Crippen MR) is 113 cm³/mol. The second kappa shape index (κ2) is 5.70. The molecule has 2 aromatic heterocycles. The highest BCUT2D eigenvalue weighted by Crippen LogP contribution is 2.40. The van der Waals surface area contributed by atoms with E-state index in [0.29, 0.717) is 17.1 Å². The zero-order valence-electron chi connectivity index (χ0n) is 16.0. The van der Waals surface area contributed by atoms with Crippen molar-refractivity contribution in [1.29, 1.82) is 0 Å². The van der Waals surface area contributed by atoms with Gasteiger partial charge >= 0.3 is 0 Å². The molecule has 2 N–H and O–H groups in total. The first kappa shape index (κ1) is 16.4. The van der Waals surface area contributed by atoms with Gasteiger partial charge in [0.2, 0.25) is 0 Å². The van der Waals surface area contributed by atoms with Crippen molar-refractivity contribution in [1.82, 2.24) is 14.9 Å². The van der Waals surface area contributed by atoms with Crippen LogP contribution in [0.2, 0.25) is 0 Å². The SMILES string of the molecule is CC1Cc2cccc3c(C4=C(c5c[nH]c6ccccc56)C(=O)NC4=O)cn(c23)C1. The maximum absolute atomic E-state index is 12.9. The zero-order valence-corrected chi connectivity index (χ0v) is 16.0. The summed E-state index contributed by atoms with van der Waals surface area (Å²) in [6.45, 7) is 3.16. The van der Waals surface area contributed by atoms with Crippen LogP contribution in [0.25, 0.3) is 33.0 Å². The van der Waals surface area contributed by atoms with Crippen LogP contribution in [-0.4, -0.2) is 21.4 Å². The molecule has 5 heteroatoms. The Balaban J connectivity index is 1.68. The van der Waals surface area contributed by atoms with Gasteiger partial charge in [-0.3, -0.25) is 14.9 Å². The van der Waals surface area contributed by atoms with Crippen molar-refractivity contribution in [3.63, 3.8) is 0 Å². The molecule has 1 unspecified atom stereocenters. The Morgan fingerprint density at radius 2 is 1.69 bits per heavy atom. The number of hydrogen-bond donors (Lipinski definition) is 2. The van der Waals surface area contributed by atoms with Crippen LogP contribution < -0.4 is 5.32 Å².